The number of hydroxylamine groups is 1. The first kappa shape index (κ1) is 21.1. The molecule has 0 unspecified atom stereocenters. The van der Waals surface area contributed by atoms with E-state index in [4.69, 9.17) is 0 Å². The van der Waals surface area contributed by atoms with Crippen LogP contribution in [0.25, 0.3) is 0 Å². The number of rotatable bonds is 6. The van der Waals surface area contributed by atoms with Gasteiger partial charge in [0.1, 0.15) is 6.61 Å². The minimum Gasteiger partial charge on any atom is -0.444 e. The zero-order valence-corrected chi connectivity index (χ0v) is 14.2. The van der Waals surface area contributed by atoms with Crippen LogP contribution >= 0.6 is 0 Å². The normalized spacial score (nSPS) is 10.5. The largest absolute Gasteiger partial charge is 0.444 e. The van der Waals surface area contributed by atoms with Gasteiger partial charge in [0.05, 0.1) is 12.7 Å². The van der Waals surface area contributed by atoms with Crippen LogP contribution < -0.4 is 10.8 Å². The fraction of sp³-hybridized carbons (Fsp3) is 0.176. The van der Waals surface area contributed by atoms with Gasteiger partial charge in [-0.05, 0) is 17.7 Å². The van der Waals surface area contributed by atoms with Gasteiger partial charge >= 0.3 is 6.09 Å². The number of amides is 2. The lowest BCUT2D eigenvalue weighted by Crippen LogP contribution is -2.24. The second kappa shape index (κ2) is 9.13. The van der Waals surface area contributed by atoms with E-state index in [9.17, 15) is 31.5 Å². The van der Waals surface area contributed by atoms with Crippen molar-refractivity contribution < 1.29 is 41.1 Å². The minimum absolute atomic E-state index is 0.0812. The minimum atomic E-state index is -2.30. The molecule has 0 heterocycles. The van der Waals surface area contributed by atoms with Crippen molar-refractivity contribution in [3.8, 4) is 0 Å². The van der Waals surface area contributed by atoms with Crippen LogP contribution in [-0.4, -0.2) is 19.1 Å². The van der Waals surface area contributed by atoms with Crippen LogP contribution in [0.15, 0.2) is 24.3 Å². The lowest BCUT2D eigenvalue weighted by molar-refractivity contribution is 0.0537. The molecule has 0 aliphatic heterocycles. The summed E-state index contributed by atoms with van der Waals surface area (Å²) in [7, 11) is 1.27. The maximum Gasteiger partial charge on any atom is 0.407 e. The Balaban J connectivity index is 1.93. The number of hydrogen-bond acceptors (Lipinski definition) is 4. The molecule has 2 aromatic carbocycles. The van der Waals surface area contributed by atoms with E-state index < -0.39 is 53.3 Å². The molecule has 0 saturated heterocycles. The molecule has 0 aromatic heterocycles. The molecule has 11 heteroatoms. The van der Waals surface area contributed by atoms with Crippen molar-refractivity contribution in [2.75, 3.05) is 7.11 Å². The molecule has 0 saturated carbocycles. The van der Waals surface area contributed by atoms with Crippen molar-refractivity contribution in [3.05, 3.63) is 70.0 Å². The summed E-state index contributed by atoms with van der Waals surface area (Å²) < 4.78 is 70.6. The zero-order valence-electron chi connectivity index (χ0n) is 14.2. The lowest BCUT2D eigenvalue weighted by Gasteiger charge is -2.10. The molecule has 28 heavy (non-hydrogen) atoms. The first-order valence-electron chi connectivity index (χ1n) is 7.59. The molecule has 6 nitrogen and oxygen atoms in total. The molecule has 2 N–H and O–H groups in total. The van der Waals surface area contributed by atoms with E-state index in [1.807, 2.05) is 0 Å². The molecule has 0 spiro atoms. The quantitative estimate of drug-likeness (QED) is 0.336. The molecule has 2 aromatic rings. The van der Waals surface area contributed by atoms with Crippen molar-refractivity contribution in [1.82, 2.24) is 10.8 Å². The van der Waals surface area contributed by atoms with Crippen molar-refractivity contribution in [2.45, 2.75) is 13.2 Å². The van der Waals surface area contributed by atoms with Crippen LogP contribution in [0.3, 0.4) is 0 Å². The van der Waals surface area contributed by atoms with Crippen molar-refractivity contribution in [2.24, 2.45) is 0 Å². The molecule has 0 aliphatic carbocycles. The summed E-state index contributed by atoms with van der Waals surface area (Å²) in [6.07, 6.45) is -1.15. The predicted molar refractivity (Wildman–Crippen MR) is 84.2 cm³/mol. The van der Waals surface area contributed by atoms with Gasteiger partial charge in [0, 0.05) is 12.1 Å². The number of carbonyl (C=O) groups is 2. The van der Waals surface area contributed by atoms with Crippen LogP contribution in [0.4, 0.5) is 26.7 Å². The molecular weight excluding hydrogens is 391 g/mol. The van der Waals surface area contributed by atoms with E-state index >= 15 is 0 Å². The van der Waals surface area contributed by atoms with Crippen LogP contribution in [0.2, 0.25) is 0 Å². The smallest absolute Gasteiger partial charge is 0.407 e. The van der Waals surface area contributed by atoms with Gasteiger partial charge in [-0.2, -0.15) is 0 Å². The highest BCUT2D eigenvalue weighted by Crippen LogP contribution is 2.23. The Hall–Kier alpha value is -3.21. The number of halogens is 5. The highest BCUT2D eigenvalue weighted by molar-refractivity contribution is 5.93. The van der Waals surface area contributed by atoms with E-state index in [0.29, 0.717) is 11.1 Å². The lowest BCUT2D eigenvalue weighted by atomic mass is 10.1. The van der Waals surface area contributed by atoms with Crippen LogP contribution in [0, 0.1) is 29.1 Å². The average molecular weight is 404 g/mol. The van der Waals surface area contributed by atoms with Gasteiger partial charge < -0.3 is 10.1 Å². The number of carbonyl (C=O) groups excluding carboxylic acids is 2. The van der Waals surface area contributed by atoms with E-state index in [1.54, 1.807) is 0 Å². The number of benzene rings is 2. The van der Waals surface area contributed by atoms with Gasteiger partial charge in [0.15, 0.2) is 23.3 Å². The Bertz CT molecular complexity index is 861. The second-order valence-electron chi connectivity index (χ2n) is 5.31. The Morgan fingerprint density at radius 1 is 0.893 bits per heavy atom. The first-order chi connectivity index (χ1) is 13.3. The molecular formula is C17H13F5N2O4. The zero-order chi connectivity index (χ0) is 20.8. The van der Waals surface area contributed by atoms with Gasteiger partial charge in [-0.3, -0.25) is 9.63 Å². The Labute approximate surface area is 155 Å². The number of alkyl carbamates (subject to hydrolysis) is 1. The van der Waals surface area contributed by atoms with Crippen LogP contribution in [0.1, 0.15) is 21.5 Å². The summed E-state index contributed by atoms with van der Waals surface area (Å²) in [5.41, 5.74) is 1.69. The van der Waals surface area contributed by atoms with Crippen molar-refractivity contribution in [3.63, 3.8) is 0 Å². The summed E-state index contributed by atoms with van der Waals surface area (Å²) in [4.78, 5) is 27.6. The summed E-state index contributed by atoms with van der Waals surface area (Å²) in [5, 5.41) is 2.23. The Kier molecular flexibility index (Phi) is 6.88. The SMILES string of the molecule is CONC(=O)c1ccc(CNC(=O)OCc2c(F)c(F)c(F)c(F)c2F)cc1. The second-order valence-corrected chi connectivity index (χ2v) is 5.31. The molecule has 0 atom stereocenters. The average Bonchev–Trinajstić information content (AvgIpc) is 2.69. The van der Waals surface area contributed by atoms with Crippen LogP contribution in [-0.2, 0) is 22.7 Å². The van der Waals surface area contributed by atoms with Gasteiger partial charge in [-0.25, -0.2) is 32.2 Å². The summed E-state index contributed by atoms with van der Waals surface area (Å²) in [6.45, 7) is -1.24. The Morgan fingerprint density at radius 2 is 1.43 bits per heavy atom. The van der Waals surface area contributed by atoms with Gasteiger partial charge in [0.2, 0.25) is 5.82 Å². The molecule has 2 rings (SSSR count). The van der Waals surface area contributed by atoms with Crippen LogP contribution in [0.5, 0.6) is 0 Å². The fourth-order valence-electron chi connectivity index (χ4n) is 2.07. The monoisotopic (exact) mass is 404 g/mol. The van der Waals surface area contributed by atoms with Crippen molar-refractivity contribution >= 4 is 12.0 Å². The standard InChI is InChI=1S/C17H13F5N2O4/c1-27-24-16(25)9-4-2-8(3-5-9)6-23-17(26)28-7-10-11(18)13(20)15(22)14(21)12(10)19/h2-5H,6-7H2,1H3,(H,23,26)(H,24,25). The van der Waals surface area contributed by atoms with Gasteiger partial charge in [-0.15, -0.1) is 0 Å². The van der Waals surface area contributed by atoms with E-state index in [2.05, 4.69) is 20.4 Å². The highest BCUT2D eigenvalue weighted by Gasteiger charge is 2.26. The molecule has 0 aliphatic rings. The summed E-state index contributed by atoms with van der Waals surface area (Å²) >= 11 is 0. The van der Waals surface area contributed by atoms with Gasteiger partial charge in [-0.1, -0.05) is 12.1 Å². The molecule has 150 valence electrons. The maximum atomic E-state index is 13.5. The maximum absolute atomic E-state index is 13.5. The first-order valence-corrected chi connectivity index (χ1v) is 7.59. The highest BCUT2D eigenvalue weighted by atomic mass is 19.2. The molecule has 0 fully saturated rings. The van der Waals surface area contributed by atoms with E-state index in [-0.39, 0.29) is 6.54 Å². The molecule has 0 bridgehead atoms. The van der Waals surface area contributed by atoms with E-state index in [0.717, 1.165) is 0 Å². The summed E-state index contributed by atoms with van der Waals surface area (Å²) in [5.74, 6) is -11.2. The number of hydrogen-bond donors (Lipinski definition) is 2. The molecule has 2 amide bonds. The molecule has 0 radical (unpaired) electrons. The van der Waals surface area contributed by atoms with Crippen molar-refractivity contribution in [1.29, 1.82) is 0 Å². The van der Waals surface area contributed by atoms with Gasteiger partial charge in [0.25, 0.3) is 5.91 Å². The number of ether oxygens (including phenoxy) is 1. The van der Waals surface area contributed by atoms with E-state index in [1.165, 1.54) is 31.4 Å². The third-order valence-electron chi connectivity index (χ3n) is 3.50. The third kappa shape index (κ3) is 4.74. The Morgan fingerprint density at radius 3 is 1.96 bits per heavy atom. The number of nitrogens with one attached hydrogen (secondary N) is 2. The fourth-order valence-corrected chi connectivity index (χ4v) is 2.07. The summed E-state index contributed by atoms with van der Waals surface area (Å²) in [6, 6.07) is 5.92. The predicted octanol–water partition coefficient (Wildman–Crippen LogP) is 3.10. The topological polar surface area (TPSA) is 76.7 Å². The third-order valence-corrected chi connectivity index (χ3v) is 3.50.